The zero-order valence-corrected chi connectivity index (χ0v) is 10.8. The Morgan fingerprint density at radius 3 is 2.22 bits per heavy atom. The van der Waals surface area contributed by atoms with Gasteiger partial charge in [0.15, 0.2) is 0 Å². The van der Waals surface area contributed by atoms with Gasteiger partial charge in [-0.2, -0.15) is 0 Å². The summed E-state index contributed by atoms with van der Waals surface area (Å²) in [6.07, 6.45) is 0. The molecule has 1 aromatic heterocycles. The first-order valence-electron chi connectivity index (χ1n) is 6.10. The van der Waals surface area contributed by atoms with Crippen LogP contribution in [0.2, 0.25) is 0 Å². The Morgan fingerprint density at radius 2 is 1.50 bits per heavy atom. The number of H-pyrrole nitrogens is 1. The molecule has 0 fully saturated rings. The van der Waals surface area contributed by atoms with Crippen LogP contribution in [-0.4, -0.2) is 4.98 Å². The van der Waals surface area contributed by atoms with Gasteiger partial charge in [0.2, 0.25) is 0 Å². The molecular weight excluding hydrogens is 222 g/mol. The molecule has 90 valence electrons. The number of fused-ring (bicyclic) bond motifs is 3. The molecule has 2 nitrogen and oxygen atoms in total. The average Bonchev–Trinajstić information content (AvgIpc) is 2.31. The van der Waals surface area contributed by atoms with Gasteiger partial charge in [-0.05, 0) is 55.0 Å². The first-order chi connectivity index (χ1) is 8.56. The molecule has 0 aliphatic heterocycles. The second kappa shape index (κ2) is 3.70. The first-order valence-corrected chi connectivity index (χ1v) is 6.10. The van der Waals surface area contributed by atoms with Gasteiger partial charge in [-0.25, -0.2) is 0 Å². The number of pyridine rings is 1. The third kappa shape index (κ3) is 1.53. The summed E-state index contributed by atoms with van der Waals surface area (Å²) < 4.78 is 0. The molecule has 1 N–H and O–H groups in total. The largest absolute Gasteiger partial charge is 0.321 e. The molecule has 2 aromatic carbocycles. The summed E-state index contributed by atoms with van der Waals surface area (Å²) >= 11 is 0. The van der Waals surface area contributed by atoms with Crippen LogP contribution in [0.5, 0.6) is 0 Å². The number of aromatic nitrogens is 1. The molecule has 0 spiro atoms. The Hall–Kier alpha value is -2.09. The molecule has 3 aromatic rings. The maximum Gasteiger partial charge on any atom is 0.256 e. The molecule has 18 heavy (non-hydrogen) atoms. The Kier molecular flexibility index (Phi) is 2.27. The summed E-state index contributed by atoms with van der Waals surface area (Å²) in [5.41, 5.74) is 4.43. The minimum absolute atomic E-state index is 0.00815. The van der Waals surface area contributed by atoms with Crippen LogP contribution in [0.3, 0.4) is 0 Å². The van der Waals surface area contributed by atoms with E-state index in [1.54, 1.807) is 0 Å². The molecule has 0 radical (unpaired) electrons. The summed E-state index contributed by atoms with van der Waals surface area (Å²) in [7, 11) is 0. The van der Waals surface area contributed by atoms with Crippen molar-refractivity contribution in [3.8, 4) is 0 Å². The van der Waals surface area contributed by atoms with Crippen molar-refractivity contribution < 1.29 is 0 Å². The van der Waals surface area contributed by atoms with Crippen LogP contribution in [0.25, 0.3) is 21.7 Å². The molecule has 0 aliphatic rings. The second-order valence-corrected chi connectivity index (χ2v) is 4.99. The second-order valence-electron chi connectivity index (χ2n) is 4.99. The summed E-state index contributed by atoms with van der Waals surface area (Å²) in [6.45, 7) is 6.14. The van der Waals surface area contributed by atoms with E-state index in [1.165, 1.54) is 5.56 Å². The fraction of sp³-hybridized carbons (Fsp3) is 0.188. The summed E-state index contributed by atoms with van der Waals surface area (Å²) in [6, 6.07) is 10.3. The first kappa shape index (κ1) is 11.0. The third-order valence-electron chi connectivity index (χ3n) is 3.59. The third-order valence-corrected chi connectivity index (χ3v) is 3.59. The summed E-state index contributed by atoms with van der Waals surface area (Å²) in [5.74, 6) is 0. The molecule has 0 bridgehead atoms. The van der Waals surface area contributed by atoms with Crippen LogP contribution in [0.15, 0.2) is 35.1 Å². The fourth-order valence-electron chi connectivity index (χ4n) is 2.41. The van der Waals surface area contributed by atoms with Crippen LogP contribution in [-0.2, 0) is 0 Å². The average molecular weight is 237 g/mol. The molecule has 0 aliphatic carbocycles. The number of rotatable bonds is 0. The van der Waals surface area contributed by atoms with E-state index in [-0.39, 0.29) is 5.56 Å². The number of aryl methyl sites for hydroxylation is 3. The quantitative estimate of drug-likeness (QED) is 0.595. The van der Waals surface area contributed by atoms with Crippen molar-refractivity contribution >= 4 is 21.7 Å². The highest BCUT2D eigenvalue weighted by Crippen LogP contribution is 2.24. The van der Waals surface area contributed by atoms with E-state index >= 15 is 0 Å². The van der Waals surface area contributed by atoms with E-state index in [4.69, 9.17) is 0 Å². The number of nitrogens with one attached hydrogen (secondary N) is 1. The standard InChI is InChI=1S/C16H15NO/c1-9-4-5-12-13-7-10(2)11(3)8-14(13)16(18)17-15(12)6-9/h4-8H,1-3H3,(H,17,18). The van der Waals surface area contributed by atoms with E-state index < -0.39 is 0 Å². The Labute approximate surface area is 105 Å². The van der Waals surface area contributed by atoms with Crippen molar-refractivity contribution in [1.82, 2.24) is 4.98 Å². The molecule has 0 saturated heterocycles. The summed E-state index contributed by atoms with van der Waals surface area (Å²) in [4.78, 5) is 15.1. The lowest BCUT2D eigenvalue weighted by atomic mass is 10.00. The van der Waals surface area contributed by atoms with Crippen molar-refractivity contribution in [2.45, 2.75) is 20.8 Å². The van der Waals surface area contributed by atoms with Crippen molar-refractivity contribution in [2.75, 3.05) is 0 Å². The van der Waals surface area contributed by atoms with Crippen LogP contribution < -0.4 is 5.56 Å². The SMILES string of the molecule is Cc1ccc2c(c1)[nH]c(=O)c1cc(C)c(C)cc12. The van der Waals surface area contributed by atoms with Gasteiger partial charge in [-0.1, -0.05) is 18.2 Å². The van der Waals surface area contributed by atoms with Gasteiger partial charge >= 0.3 is 0 Å². The van der Waals surface area contributed by atoms with E-state index in [0.717, 1.165) is 32.8 Å². The maximum atomic E-state index is 12.1. The molecule has 0 saturated carbocycles. The lowest BCUT2D eigenvalue weighted by molar-refractivity contribution is 1.31. The smallest absolute Gasteiger partial charge is 0.256 e. The monoisotopic (exact) mass is 237 g/mol. The lowest BCUT2D eigenvalue weighted by Crippen LogP contribution is -2.07. The zero-order chi connectivity index (χ0) is 12.9. The van der Waals surface area contributed by atoms with Crippen molar-refractivity contribution in [1.29, 1.82) is 0 Å². The molecule has 2 heteroatoms. The van der Waals surface area contributed by atoms with Crippen molar-refractivity contribution in [3.63, 3.8) is 0 Å². The van der Waals surface area contributed by atoms with E-state index in [1.807, 2.05) is 26.0 Å². The van der Waals surface area contributed by atoms with Gasteiger partial charge < -0.3 is 4.98 Å². The van der Waals surface area contributed by atoms with Crippen LogP contribution in [0, 0.1) is 20.8 Å². The van der Waals surface area contributed by atoms with Gasteiger partial charge in [-0.15, -0.1) is 0 Å². The van der Waals surface area contributed by atoms with E-state index in [0.29, 0.717) is 0 Å². The number of hydrogen-bond acceptors (Lipinski definition) is 1. The molecule has 0 atom stereocenters. The normalized spacial score (nSPS) is 11.3. The molecule has 0 amide bonds. The predicted molar refractivity (Wildman–Crippen MR) is 76.3 cm³/mol. The van der Waals surface area contributed by atoms with E-state index in [2.05, 4.69) is 30.1 Å². The van der Waals surface area contributed by atoms with E-state index in [9.17, 15) is 4.79 Å². The Bertz CT molecular complexity index is 828. The Morgan fingerprint density at radius 1 is 0.833 bits per heavy atom. The topological polar surface area (TPSA) is 32.9 Å². The lowest BCUT2D eigenvalue weighted by Gasteiger charge is -2.07. The maximum absolute atomic E-state index is 12.1. The van der Waals surface area contributed by atoms with Gasteiger partial charge in [0.1, 0.15) is 0 Å². The van der Waals surface area contributed by atoms with Gasteiger partial charge in [0.25, 0.3) is 5.56 Å². The number of hydrogen-bond donors (Lipinski definition) is 1. The molecular formula is C16H15NO. The number of benzene rings is 2. The van der Waals surface area contributed by atoms with Crippen molar-refractivity contribution in [2.24, 2.45) is 0 Å². The van der Waals surface area contributed by atoms with Crippen LogP contribution in [0.1, 0.15) is 16.7 Å². The summed E-state index contributed by atoms with van der Waals surface area (Å²) in [5, 5.41) is 2.92. The molecule has 0 unspecified atom stereocenters. The van der Waals surface area contributed by atoms with Crippen LogP contribution in [0.4, 0.5) is 0 Å². The van der Waals surface area contributed by atoms with Gasteiger partial charge in [0, 0.05) is 16.3 Å². The minimum atomic E-state index is -0.00815. The highest BCUT2D eigenvalue weighted by Gasteiger charge is 2.07. The minimum Gasteiger partial charge on any atom is -0.321 e. The van der Waals surface area contributed by atoms with Crippen molar-refractivity contribution in [3.05, 3.63) is 57.4 Å². The zero-order valence-electron chi connectivity index (χ0n) is 10.8. The number of aromatic amines is 1. The predicted octanol–water partition coefficient (Wildman–Crippen LogP) is 3.61. The fourth-order valence-corrected chi connectivity index (χ4v) is 2.41. The molecule has 1 heterocycles. The highest BCUT2D eigenvalue weighted by atomic mass is 16.1. The molecule has 3 rings (SSSR count). The van der Waals surface area contributed by atoms with Gasteiger partial charge in [0.05, 0.1) is 0 Å². The Balaban J connectivity index is 2.61. The van der Waals surface area contributed by atoms with Gasteiger partial charge in [-0.3, -0.25) is 4.79 Å². The highest BCUT2D eigenvalue weighted by molar-refractivity contribution is 6.05. The van der Waals surface area contributed by atoms with Crippen LogP contribution >= 0.6 is 0 Å².